The molecule has 0 fully saturated rings. The van der Waals surface area contributed by atoms with E-state index in [2.05, 4.69) is 31.4 Å². The van der Waals surface area contributed by atoms with Crippen LogP contribution in [0, 0.1) is 6.92 Å². The quantitative estimate of drug-likeness (QED) is 0.725. The van der Waals surface area contributed by atoms with Gasteiger partial charge in [-0.3, -0.25) is 0 Å². The number of nitrogens with two attached hydrogens (primary N) is 1. The van der Waals surface area contributed by atoms with E-state index in [4.69, 9.17) is 25.8 Å². The van der Waals surface area contributed by atoms with E-state index in [1.165, 1.54) is 6.07 Å². The Balaban J connectivity index is 0.000000463. The first-order valence-corrected chi connectivity index (χ1v) is 9.01. The molecule has 6 nitrogen and oxygen atoms in total. The SMILES string of the molecule is Cc1ccc(-n2nc(C(F)(F)F)nc2N)c(Cl)c1.O=S(=O)(Cl)Cl. The molecule has 2 N–H and O–H groups in total. The van der Waals surface area contributed by atoms with Crippen LogP contribution in [0.2, 0.25) is 5.02 Å². The molecule has 128 valence electrons. The number of hydrogen-bond donors (Lipinski definition) is 1. The van der Waals surface area contributed by atoms with E-state index in [1.54, 1.807) is 12.1 Å². The Morgan fingerprint density at radius 2 is 1.78 bits per heavy atom. The van der Waals surface area contributed by atoms with E-state index >= 15 is 0 Å². The summed E-state index contributed by atoms with van der Waals surface area (Å²) in [6.45, 7) is 1.81. The highest BCUT2D eigenvalue weighted by atomic mass is 36.0. The zero-order valence-electron chi connectivity index (χ0n) is 11.1. The van der Waals surface area contributed by atoms with Gasteiger partial charge in [0, 0.05) is 21.4 Å². The molecule has 1 aromatic carbocycles. The Bertz CT molecular complexity index is 800. The van der Waals surface area contributed by atoms with Gasteiger partial charge < -0.3 is 5.73 Å². The molecule has 13 heteroatoms. The number of nitrogen functional groups attached to an aromatic ring is 1. The van der Waals surface area contributed by atoms with Crippen molar-refractivity contribution in [3.63, 3.8) is 0 Å². The van der Waals surface area contributed by atoms with E-state index in [-0.39, 0.29) is 16.7 Å². The van der Waals surface area contributed by atoms with Gasteiger partial charge in [-0.1, -0.05) is 17.7 Å². The molecule has 2 rings (SSSR count). The molecule has 0 saturated heterocycles. The van der Waals surface area contributed by atoms with E-state index in [1.807, 2.05) is 6.92 Å². The topological polar surface area (TPSA) is 90.9 Å². The lowest BCUT2D eigenvalue weighted by atomic mass is 10.2. The number of halogens is 6. The second-order valence-electron chi connectivity index (χ2n) is 4.04. The van der Waals surface area contributed by atoms with Gasteiger partial charge in [-0.05, 0) is 24.6 Å². The highest BCUT2D eigenvalue weighted by Crippen LogP contribution is 2.29. The monoisotopic (exact) mass is 410 g/mol. The van der Waals surface area contributed by atoms with Crippen molar-refractivity contribution in [1.29, 1.82) is 0 Å². The minimum Gasteiger partial charge on any atom is -0.368 e. The van der Waals surface area contributed by atoms with Gasteiger partial charge in [0.05, 0.1) is 10.7 Å². The van der Waals surface area contributed by atoms with Gasteiger partial charge >= 0.3 is 14.4 Å². The maximum absolute atomic E-state index is 12.4. The normalized spacial score (nSPS) is 11.8. The summed E-state index contributed by atoms with van der Waals surface area (Å²) >= 11 is 5.93. The molecule has 0 aliphatic carbocycles. The number of benzene rings is 1. The van der Waals surface area contributed by atoms with Gasteiger partial charge in [-0.25, -0.2) is 0 Å². The Morgan fingerprint density at radius 1 is 1.26 bits per heavy atom. The Morgan fingerprint density at radius 3 is 2.17 bits per heavy atom. The summed E-state index contributed by atoms with van der Waals surface area (Å²) < 4.78 is 56.5. The van der Waals surface area contributed by atoms with Crippen LogP contribution in [0.15, 0.2) is 18.2 Å². The maximum atomic E-state index is 12.4. The predicted molar refractivity (Wildman–Crippen MR) is 81.1 cm³/mol. The molecule has 0 amide bonds. The van der Waals surface area contributed by atoms with E-state index in [0.29, 0.717) is 0 Å². The third-order valence-corrected chi connectivity index (χ3v) is 2.52. The first-order valence-electron chi connectivity index (χ1n) is 5.49. The number of aromatic nitrogens is 3. The molecule has 0 radical (unpaired) electrons. The van der Waals surface area contributed by atoms with Gasteiger partial charge in [-0.2, -0.15) is 31.3 Å². The lowest BCUT2D eigenvalue weighted by Gasteiger charge is -2.05. The van der Waals surface area contributed by atoms with Crippen LogP contribution in [0.5, 0.6) is 0 Å². The van der Waals surface area contributed by atoms with Gasteiger partial charge in [-0.15, -0.1) is 5.10 Å². The van der Waals surface area contributed by atoms with E-state index in [0.717, 1.165) is 10.2 Å². The maximum Gasteiger partial charge on any atom is 0.453 e. The molecular weight excluding hydrogens is 404 g/mol. The minimum absolute atomic E-state index is 0.250. The molecule has 0 atom stereocenters. The van der Waals surface area contributed by atoms with Crippen LogP contribution in [0.25, 0.3) is 5.69 Å². The van der Waals surface area contributed by atoms with Crippen molar-refractivity contribution < 1.29 is 21.6 Å². The fourth-order valence-corrected chi connectivity index (χ4v) is 1.72. The van der Waals surface area contributed by atoms with Gasteiger partial charge in [0.25, 0.3) is 5.82 Å². The smallest absolute Gasteiger partial charge is 0.368 e. The molecule has 0 bridgehead atoms. The Hall–Kier alpha value is -1.23. The number of anilines is 1. The first kappa shape index (κ1) is 19.8. The first-order chi connectivity index (χ1) is 10.3. The lowest BCUT2D eigenvalue weighted by Crippen LogP contribution is -2.08. The standard InChI is InChI=1S/C10H8ClF3N4.Cl2O2S/c1-5-2-3-7(6(11)4-5)18-9(15)16-8(17-18)10(12,13)14;1-5(2,3)4/h2-4H,1H3,(H2,15,16,17);. The largest absolute Gasteiger partial charge is 0.453 e. The number of nitrogens with zero attached hydrogens (tertiary/aromatic N) is 3. The fourth-order valence-electron chi connectivity index (χ4n) is 1.41. The van der Waals surface area contributed by atoms with Crippen LogP contribution < -0.4 is 5.73 Å². The second-order valence-corrected chi connectivity index (χ2v) is 8.11. The number of aryl methyl sites for hydroxylation is 1. The minimum atomic E-state index is -4.64. The molecule has 1 aromatic heterocycles. The Kier molecular flexibility index (Phi) is 6.13. The van der Waals surface area contributed by atoms with Crippen molar-refractivity contribution in [1.82, 2.24) is 14.8 Å². The molecule has 23 heavy (non-hydrogen) atoms. The lowest BCUT2D eigenvalue weighted by molar-refractivity contribution is -0.144. The van der Waals surface area contributed by atoms with Crippen LogP contribution in [0.1, 0.15) is 11.4 Å². The average Bonchev–Trinajstić information content (AvgIpc) is 2.69. The van der Waals surface area contributed by atoms with Crippen LogP contribution in [-0.4, -0.2) is 23.2 Å². The zero-order chi connectivity index (χ0) is 18.0. The summed E-state index contributed by atoms with van der Waals surface area (Å²) in [6.07, 6.45) is -4.64. The summed E-state index contributed by atoms with van der Waals surface area (Å²) in [7, 11) is 4.81. The van der Waals surface area contributed by atoms with Gasteiger partial charge in [0.2, 0.25) is 5.95 Å². The van der Waals surface area contributed by atoms with Crippen molar-refractivity contribution in [3.05, 3.63) is 34.6 Å². The third-order valence-electron chi connectivity index (χ3n) is 2.22. The number of rotatable bonds is 1. The fraction of sp³-hybridized carbons (Fsp3) is 0.200. The summed E-state index contributed by atoms with van der Waals surface area (Å²) in [5, 5.41) is 3.56. The van der Waals surface area contributed by atoms with E-state index < -0.39 is 20.3 Å². The summed E-state index contributed by atoms with van der Waals surface area (Å²) in [6, 6.07) is 4.82. The summed E-state index contributed by atoms with van der Waals surface area (Å²) in [4.78, 5) is 3.17. The van der Waals surface area contributed by atoms with Gasteiger partial charge in [0.1, 0.15) is 0 Å². The highest BCUT2D eigenvalue weighted by molar-refractivity contribution is 8.31. The number of hydrogen-bond acceptors (Lipinski definition) is 5. The predicted octanol–water partition coefficient (Wildman–Crippen LogP) is 3.54. The van der Waals surface area contributed by atoms with Crippen molar-refractivity contribution in [2.24, 2.45) is 0 Å². The molecule has 2 aromatic rings. The molecule has 0 spiro atoms. The molecule has 0 aliphatic heterocycles. The van der Waals surface area contributed by atoms with Crippen LogP contribution in [0.4, 0.5) is 19.1 Å². The summed E-state index contributed by atoms with van der Waals surface area (Å²) in [5.74, 6) is -1.66. The van der Waals surface area contributed by atoms with Crippen molar-refractivity contribution in [3.8, 4) is 5.69 Å². The second kappa shape index (κ2) is 7.12. The van der Waals surface area contributed by atoms with E-state index in [9.17, 15) is 13.2 Å². The molecule has 0 aliphatic rings. The Labute approximate surface area is 142 Å². The third kappa shape index (κ3) is 6.42. The molecular formula is C10H8Cl3F3N4O2S. The van der Waals surface area contributed by atoms with Crippen LogP contribution >= 0.6 is 33.0 Å². The summed E-state index contributed by atoms with van der Waals surface area (Å²) in [5.41, 5.74) is 6.53. The van der Waals surface area contributed by atoms with Crippen LogP contribution in [-0.2, 0) is 14.4 Å². The molecule has 1 heterocycles. The average molecular weight is 412 g/mol. The molecule has 0 unspecified atom stereocenters. The van der Waals surface area contributed by atoms with Gasteiger partial charge in [0.15, 0.2) is 0 Å². The zero-order valence-corrected chi connectivity index (χ0v) is 14.2. The highest BCUT2D eigenvalue weighted by Gasteiger charge is 2.37. The van der Waals surface area contributed by atoms with Crippen LogP contribution in [0.3, 0.4) is 0 Å². The number of alkyl halides is 3. The molecule has 0 saturated carbocycles. The van der Waals surface area contributed by atoms with Crippen molar-refractivity contribution >= 4 is 47.2 Å². The van der Waals surface area contributed by atoms with Crippen molar-refractivity contribution in [2.75, 3.05) is 5.73 Å². The van der Waals surface area contributed by atoms with Crippen molar-refractivity contribution in [2.45, 2.75) is 13.1 Å².